The summed E-state index contributed by atoms with van der Waals surface area (Å²) in [4.78, 5) is 2.43. The zero-order valence-corrected chi connectivity index (χ0v) is 24.0. The molecule has 214 valence electrons. The Morgan fingerprint density at radius 1 is 1.05 bits per heavy atom. The van der Waals surface area contributed by atoms with Crippen LogP contribution in [-0.2, 0) is 15.9 Å². The highest BCUT2D eigenvalue weighted by Gasteiger charge is 2.17. The Hall–Kier alpha value is -2.40. The van der Waals surface area contributed by atoms with E-state index in [1.807, 2.05) is 18.2 Å². The Kier molecular flexibility index (Phi) is 13.8. The van der Waals surface area contributed by atoms with Crippen LogP contribution in [0.25, 0.3) is 0 Å². The molecule has 2 atom stereocenters. The number of hydrogen-bond acceptors (Lipinski definition) is 9. The average Bonchev–Trinajstić information content (AvgIpc) is 2.91. The van der Waals surface area contributed by atoms with Crippen LogP contribution in [0.15, 0.2) is 36.4 Å². The number of ether oxygens (including phenoxy) is 3. The third-order valence-electron chi connectivity index (χ3n) is 6.42. The molecule has 0 saturated carbocycles. The number of aromatic hydroxyl groups is 1. The molecule has 1 heterocycles. The number of rotatable bonds is 12. The lowest BCUT2D eigenvalue weighted by Gasteiger charge is -2.26. The van der Waals surface area contributed by atoms with Crippen LogP contribution in [0.4, 0.5) is 5.69 Å². The molecule has 38 heavy (non-hydrogen) atoms. The summed E-state index contributed by atoms with van der Waals surface area (Å²) in [5.41, 5.74) is 15.6. The predicted molar refractivity (Wildman–Crippen MR) is 155 cm³/mol. The summed E-state index contributed by atoms with van der Waals surface area (Å²) in [7, 11) is 3.26. The fourth-order valence-electron chi connectivity index (χ4n) is 4.27. The van der Waals surface area contributed by atoms with Gasteiger partial charge in [-0.3, -0.25) is 10.2 Å². The van der Waals surface area contributed by atoms with E-state index >= 15 is 0 Å². The lowest BCUT2D eigenvalue weighted by molar-refractivity contribution is 0.0384. The monoisotopic (exact) mass is 531 g/mol. The van der Waals surface area contributed by atoms with Gasteiger partial charge in [0.05, 0.1) is 20.3 Å². The van der Waals surface area contributed by atoms with Gasteiger partial charge < -0.3 is 36.1 Å². The Bertz CT molecular complexity index is 947. The van der Waals surface area contributed by atoms with Gasteiger partial charge in [-0.25, -0.2) is 0 Å². The molecule has 1 saturated heterocycles. The van der Waals surface area contributed by atoms with E-state index in [0.29, 0.717) is 23.9 Å². The molecule has 0 radical (unpaired) electrons. The van der Waals surface area contributed by atoms with Gasteiger partial charge in [0.2, 0.25) is 0 Å². The summed E-state index contributed by atoms with van der Waals surface area (Å²) in [6.45, 7) is 13.5. The highest BCUT2D eigenvalue weighted by Crippen LogP contribution is 2.35. The SMILES string of the molecule is COC(CN)NC(C)C.COc1cc(O)c(C(N)Nc2cccc(CCN3CCOCC3)c2)cc1C(C)C. The summed E-state index contributed by atoms with van der Waals surface area (Å²) in [6.07, 6.45) is 0.466. The number of phenolic OH excluding ortho intramolecular Hbond substituents is 1. The first kappa shape index (κ1) is 31.8. The molecule has 7 N–H and O–H groups in total. The largest absolute Gasteiger partial charge is 0.507 e. The van der Waals surface area contributed by atoms with E-state index in [1.165, 1.54) is 5.56 Å². The van der Waals surface area contributed by atoms with Crippen molar-refractivity contribution in [3.63, 3.8) is 0 Å². The van der Waals surface area contributed by atoms with Crippen LogP contribution >= 0.6 is 0 Å². The van der Waals surface area contributed by atoms with Gasteiger partial charge in [0, 0.05) is 56.6 Å². The fraction of sp³-hybridized carbons (Fsp3) is 0.586. The van der Waals surface area contributed by atoms with Crippen molar-refractivity contribution in [1.82, 2.24) is 10.2 Å². The minimum absolute atomic E-state index is 0.00463. The number of hydrogen-bond donors (Lipinski definition) is 5. The molecule has 9 nitrogen and oxygen atoms in total. The highest BCUT2D eigenvalue weighted by molar-refractivity contribution is 5.52. The minimum atomic E-state index is -0.520. The van der Waals surface area contributed by atoms with Crippen LogP contribution in [0.1, 0.15) is 56.5 Å². The molecule has 3 rings (SSSR count). The van der Waals surface area contributed by atoms with E-state index < -0.39 is 6.17 Å². The lowest BCUT2D eigenvalue weighted by atomic mass is 9.97. The van der Waals surface area contributed by atoms with Crippen molar-refractivity contribution in [3.8, 4) is 11.5 Å². The van der Waals surface area contributed by atoms with Crippen molar-refractivity contribution >= 4 is 5.69 Å². The summed E-state index contributed by atoms with van der Waals surface area (Å²) >= 11 is 0. The Balaban J connectivity index is 0.000000484. The standard InChI is InChI=1S/C23H33N3O3.C6H16N2O/c1-16(2)19-14-20(21(27)15-22(19)28-3)23(24)25-18-6-4-5-17(13-18)7-8-26-9-11-29-12-10-26;1-5(2)8-6(4-7)9-3/h4-6,13-16,23,25,27H,7-12,24H2,1-3H3;5-6,8H,4,7H2,1-3H3. The number of nitrogens with two attached hydrogens (primary N) is 2. The van der Waals surface area contributed by atoms with Crippen LogP contribution in [0.2, 0.25) is 0 Å². The Morgan fingerprint density at radius 3 is 2.32 bits per heavy atom. The molecule has 2 aromatic rings. The van der Waals surface area contributed by atoms with Gasteiger partial charge in [0.15, 0.2) is 0 Å². The molecule has 0 bridgehead atoms. The molecule has 2 aromatic carbocycles. The van der Waals surface area contributed by atoms with Gasteiger partial charge >= 0.3 is 0 Å². The van der Waals surface area contributed by atoms with Crippen LogP contribution in [0.3, 0.4) is 0 Å². The third-order valence-corrected chi connectivity index (χ3v) is 6.42. The topological polar surface area (TPSA) is 127 Å². The molecule has 2 unspecified atom stereocenters. The van der Waals surface area contributed by atoms with Gasteiger partial charge in [-0.05, 0) is 55.5 Å². The molecular formula is C29H49N5O4. The maximum atomic E-state index is 10.4. The first-order chi connectivity index (χ1) is 18.2. The van der Waals surface area contributed by atoms with Crippen LogP contribution < -0.4 is 26.8 Å². The van der Waals surface area contributed by atoms with Crippen molar-refractivity contribution in [2.45, 2.75) is 58.5 Å². The second-order valence-corrected chi connectivity index (χ2v) is 10.1. The summed E-state index contributed by atoms with van der Waals surface area (Å²) in [5, 5.41) is 16.9. The Labute approximate surface area is 228 Å². The van der Waals surface area contributed by atoms with Crippen molar-refractivity contribution in [3.05, 3.63) is 53.1 Å². The molecule has 0 aliphatic carbocycles. The van der Waals surface area contributed by atoms with Gasteiger partial charge in [0.25, 0.3) is 0 Å². The van der Waals surface area contributed by atoms with Crippen molar-refractivity contribution in [1.29, 1.82) is 0 Å². The van der Waals surface area contributed by atoms with Gasteiger partial charge in [0.1, 0.15) is 23.9 Å². The number of nitrogens with one attached hydrogen (secondary N) is 2. The Morgan fingerprint density at radius 2 is 1.76 bits per heavy atom. The molecule has 0 spiro atoms. The number of morpholine rings is 1. The van der Waals surface area contributed by atoms with Gasteiger partial charge in [-0.2, -0.15) is 0 Å². The first-order valence-corrected chi connectivity index (χ1v) is 13.5. The normalized spacial score (nSPS) is 15.6. The van der Waals surface area contributed by atoms with E-state index in [9.17, 15) is 5.11 Å². The summed E-state index contributed by atoms with van der Waals surface area (Å²) < 4.78 is 15.8. The average molecular weight is 532 g/mol. The van der Waals surface area contributed by atoms with Crippen molar-refractivity contribution < 1.29 is 19.3 Å². The van der Waals surface area contributed by atoms with E-state index in [2.05, 4.69) is 55.4 Å². The minimum Gasteiger partial charge on any atom is -0.507 e. The summed E-state index contributed by atoms with van der Waals surface area (Å²) in [6, 6.07) is 12.3. The van der Waals surface area contributed by atoms with Crippen LogP contribution in [0.5, 0.6) is 11.5 Å². The quantitative estimate of drug-likeness (QED) is 0.262. The third kappa shape index (κ3) is 10.4. The maximum absolute atomic E-state index is 10.4. The molecule has 1 aliphatic rings. The molecule has 9 heteroatoms. The van der Waals surface area contributed by atoms with E-state index in [4.69, 9.17) is 25.7 Å². The highest BCUT2D eigenvalue weighted by atomic mass is 16.5. The second kappa shape index (κ2) is 16.5. The molecule has 0 amide bonds. The number of phenols is 1. The zero-order valence-electron chi connectivity index (χ0n) is 24.0. The predicted octanol–water partition coefficient (Wildman–Crippen LogP) is 3.38. The van der Waals surface area contributed by atoms with Gasteiger partial charge in [-0.1, -0.05) is 26.0 Å². The van der Waals surface area contributed by atoms with Crippen LogP contribution in [-0.4, -0.2) is 75.9 Å². The van der Waals surface area contributed by atoms with Gasteiger partial charge in [-0.15, -0.1) is 0 Å². The molecular weight excluding hydrogens is 482 g/mol. The van der Waals surface area contributed by atoms with E-state index in [1.54, 1.807) is 20.3 Å². The van der Waals surface area contributed by atoms with E-state index in [0.717, 1.165) is 50.5 Å². The lowest BCUT2D eigenvalue weighted by Crippen LogP contribution is -2.41. The summed E-state index contributed by atoms with van der Waals surface area (Å²) in [5.74, 6) is 1.08. The number of anilines is 1. The maximum Gasteiger partial charge on any atom is 0.126 e. The number of nitrogens with zero attached hydrogens (tertiary/aromatic N) is 1. The number of benzene rings is 2. The van der Waals surface area contributed by atoms with E-state index in [-0.39, 0.29) is 17.9 Å². The van der Waals surface area contributed by atoms with Crippen molar-refractivity contribution in [2.75, 3.05) is 58.9 Å². The molecule has 0 aromatic heterocycles. The zero-order chi connectivity index (χ0) is 28.1. The molecule has 1 fully saturated rings. The first-order valence-electron chi connectivity index (χ1n) is 13.5. The second-order valence-electron chi connectivity index (χ2n) is 10.1. The van der Waals surface area contributed by atoms with Crippen LogP contribution in [0, 0.1) is 0 Å². The fourth-order valence-corrected chi connectivity index (χ4v) is 4.27. The van der Waals surface area contributed by atoms with Crippen molar-refractivity contribution in [2.24, 2.45) is 11.5 Å². The number of methoxy groups -OCH3 is 2. The smallest absolute Gasteiger partial charge is 0.126 e. The molecule has 1 aliphatic heterocycles.